The molecule has 112 valence electrons. The largest absolute Gasteiger partial charge is 0.489 e. The topological polar surface area (TPSA) is 67.5 Å². The smallest absolute Gasteiger partial charge is 0.144 e. The molecule has 0 heterocycles. The summed E-state index contributed by atoms with van der Waals surface area (Å²) in [7, 11) is 0. The Morgan fingerprint density at radius 3 is 2.65 bits per heavy atom. The average molecular weight is 278 g/mol. The number of hydrogen-bond donors (Lipinski definition) is 3. The molecule has 0 atom stereocenters. The highest BCUT2D eigenvalue weighted by Crippen LogP contribution is 2.28. The van der Waals surface area contributed by atoms with Gasteiger partial charge in [0.15, 0.2) is 0 Å². The van der Waals surface area contributed by atoms with Gasteiger partial charge in [-0.1, -0.05) is 0 Å². The van der Waals surface area contributed by atoms with Crippen LogP contribution in [0.5, 0.6) is 5.75 Å². The Bertz CT molecular complexity index is 426. The van der Waals surface area contributed by atoms with Crippen LogP contribution < -0.4 is 15.8 Å². The molecule has 0 radical (unpaired) electrons. The zero-order valence-corrected chi connectivity index (χ0v) is 12.4. The van der Waals surface area contributed by atoms with Crippen LogP contribution in [0.25, 0.3) is 0 Å². The lowest BCUT2D eigenvalue weighted by Crippen LogP contribution is -2.23. The van der Waals surface area contributed by atoms with Gasteiger partial charge in [-0.3, -0.25) is 0 Å². The van der Waals surface area contributed by atoms with Crippen LogP contribution in [0.2, 0.25) is 0 Å². The van der Waals surface area contributed by atoms with Crippen LogP contribution in [0.4, 0.5) is 11.4 Å². The van der Waals surface area contributed by atoms with Gasteiger partial charge in [0.05, 0.1) is 17.9 Å². The fourth-order valence-electron chi connectivity index (χ4n) is 2.61. The SMILES string of the molecule is CC(C)Oc1cc(NCC2CCC(O)CC2)ccc1N. The zero-order chi connectivity index (χ0) is 14.5. The minimum absolute atomic E-state index is 0.0891. The summed E-state index contributed by atoms with van der Waals surface area (Å²) in [6, 6.07) is 5.83. The summed E-state index contributed by atoms with van der Waals surface area (Å²) in [6.07, 6.45) is 4.07. The van der Waals surface area contributed by atoms with Crippen LogP contribution in [0.1, 0.15) is 39.5 Å². The molecule has 1 aliphatic carbocycles. The van der Waals surface area contributed by atoms with E-state index in [0.717, 1.165) is 43.7 Å². The lowest BCUT2D eigenvalue weighted by Gasteiger charge is -2.26. The Labute approximate surface area is 121 Å². The molecule has 0 amide bonds. The molecule has 1 aliphatic rings. The van der Waals surface area contributed by atoms with E-state index in [0.29, 0.717) is 11.6 Å². The standard InChI is InChI=1S/C16H26N2O2/c1-11(2)20-16-9-13(5-8-15(16)17)18-10-12-3-6-14(19)7-4-12/h5,8-9,11-12,14,18-19H,3-4,6-7,10,17H2,1-2H3. The second-order valence-corrected chi connectivity index (χ2v) is 5.97. The molecule has 0 spiro atoms. The van der Waals surface area contributed by atoms with Crippen molar-refractivity contribution < 1.29 is 9.84 Å². The van der Waals surface area contributed by atoms with Gasteiger partial charge in [-0.2, -0.15) is 0 Å². The Morgan fingerprint density at radius 1 is 1.30 bits per heavy atom. The van der Waals surface area contributed by atoms with Gasteiger partial charge in [0.1, 0.15) is 5.75 Å². The summed E-state index contributed by atoms with van der Waals surface area (Å²) in [6.45, 7) is 4.93. The van der Waals surface area contributed by atoms with Crippen molar-refractivity contribution in [2.24, 2.45) is 5.92 Å². The van der Waals surface area contributed by atoms with Gasteiger partial charge >= 0.3 is 0 Å². The summed E-state index contributed by atoms with van der Waals surface area (Å²) in [5.41, 5.74) is 7.63. The Morgan fingerprint density at radius 2 is 2.00 bits per heavy atom. The molecule has 1 aromatic rings. The predicted octanol–water partition coefficient (Wildman–Crippen LogP) is 3.02. The van der Waals surface area contributed by atoms with Crippen molar-refractivity contribution in [2.45, 2.75) is 51.7 Å². The minimum Gasteiger partial charge on any atom is -0.489 e. The molecule has 1 aromatic carbocycles. The van der Waals surface area contributed by atoms with E-state index in [2.05, 4.69) is 5.32 Å². The van der Waals surface area contributed by atoms with Gasteiger partial charge in [-0.25, -0.2) is 0 Å². The van der Waals surface area contributed by atoms with Gasteiger partial charge < -0.3 is 20.9 Å². The summed E-state index contributed by atoms with van der Waals surface area (Å²) < 4.78 is 5.69. The Kier molecular flexibility index (Phi) is 5.12. The molecule has 20 heavy (non-hydrogen) atoms. The van der Waals surface area contributed by atoms with E-state index in [1.165, 1.54) is 0 Å². The number of benzene rings is 1. The fourth-order valence-corrected chi connectivity index (χ4v) is 2.61. The molecule has 0 aromatic heterocycles. The average Bonchev–Trinajstić information content (AvgIpc) is 2.41. The van der Waals surface area contributed by atoms with Crippen LogP contribution in [0.15, 0.2) is 18.2 Å². The molecule has 1 fully saturated rings. The lowest BCUT2D eigenvalue weighted by atomic mass is 9.87. The highest BCUT2D eigenvalue weighted by molar-refractivity contribution is 5.61. The first-order chi connectivity index (χ1) is 9.54. The number of nitrogens with one attached hydrogen (secondary N) is 1. The van der Waals surface area contributed by atoms with E-state index >= 15 is 0 Å². The number of aliphatic hydroxyl groups excluding tert-OH is 1. The quantitative estimate of drug-likeness (QED) is 0.724. The van der Waals surface area contributed by atoms with Gasteiger partial charge in [-0.15, -0.1) is 0 Å². The summed E-state index contributed by atoms with van der Waals surface area (Å²) in [4.78, 5) is 0. The predicted molar refractivity (Wildman–Crippen MR) is 83.1 cm³/mol. The van der Waals surface area contributed by atoms with Gasteiger partial charge in [0, 0.05) is 18.3 Å². The second kappa shape index (κ2) is 6.84. The number of anilines is 2. The van der Waals surface area contributed by atoms with Crippen LogP contribution in [0, 0.1) is 5.92 Å². The number of nitrogen functional groups attached to an aromatic ring is 1. The van der Waals surface area contributed by atoms with Crippen molar-refractivity contribution in [1.82, 2.24) is 0 Å². The van der Waals surface area contributed by atoms with Gasteiger partial charge in [-0.05, 0) is 57.6 Å². The van der Waals surface area contributed by atoms with Crippen LogP contribution in [-0.2, 0) is 0 Å². The highest BCUT2D eigenvalue weighted by Gasteiger charge is 2.19. The molecular weight excluding hydrogens is 252 g/mol. The van der Waals surface area contributed by atoms with Crippen molar-refractivity contribution >= 4 is 11.4 Å². The number of rotatable bonds is 5. The van der Waals surface area contributed by atoms with Crippen molar-refractivity contribution in [3.63, 3.8) is 0 Å². The normalized spacial score (nSPS) is 22.8. The van der Waals surface area contributed by atoms with E-state index in [1.807, 2.05) is 32.0 Å². The molecule has 4 nitrogen and oxygen atoms in total. The van der Waals surface area contributed by atoms with Crippen molar-refractivity contribution in [2.75, 3.05) is 17.6 Å². The summed E-state index contributed by atoms with van der Waals surface area (Å²) in [5, 5.41) is 13.0. The summed E-state index contributed by atoms with van der Waals surface area (Å²) in [5.74, 6) is 1.38. The number of nitrogens with two attached hydrogens (primary N) is 1. The van der Waals surface area contributed by atoms with E-state index < -0.39 is 0 Å². The van der Waals surface area contributed by atoms with E-state index in [9.17, 15) is 5.11 Å². The van der Waals surface area contributed by atoms with Crippen molar-refractivity contribution in [3.8, 4) is 5.75 Å². The lowest BCUT2D eigenvalue weighted by molar-refractivity contribution is 0.111. The summed E-state index contributed by atoms with van der Waals surface area (Å²) >= 11 is 0. The van der Waals surface area contributed by atoms with Gasteiger partial charge in [0.2, 0.25) is 0 Å². The fraction of sp³-hybridized carbons (Fsp3) is 0.625. The molecule has 1 saturated carbocycles. The van der Waals surface area contributed by atoms with E-state index in [-0.39, 0.29) is 12.2 Å². The molecule has 0 unspecified atom stereocenters. The monoisotopic (exact) mass is 278 g/mol. The second-order valence-electron chi connectivity index (χ2n) is 5.97. The molecule has 0 aliphatic heterocycles. The molecule has 0 bridgehead atoms. The maximum absolute atomic E-state index is 9.51. The number of aliphatic hydroxyl groups is 1. The molecular formula is C16H26N2O2. The van der Waals surface area contributed by atoms with E-state index in [1.54, 1.807) is 0 Å². The zero-order valence-electron chi connectivity index (χ0n) is 12.4. The van der Waals surface area contributed by atoms with Crippen LogP contribution >= 0.6 is 0 Å². The van der Waals surface area contributed by atoms with Crippen LogP contribution in [0.3, 0.4) is 0 Å². The van der Waals surface area contributed by atoms with Crippen molar-refractivity contribution in [3.05, 3.63) is 18.2 Å². The van der Waals surface area contributed by atoms with Gasteiger partial charge in [0.25, 0.3) is 0 Å². The third-order valence-electron chi connectivity index (χ3n) is 3.79. The third kappa shape index (κ3) is 4.30. The highest BCUT2D eigenvalue weighted by atomic mass is 16.5. The molecule has 4 heteroatoms. The Balaban J connectivity index is 1.89. The minimum atomic E-state index is -0.0891. The Hall–Kier alpha value is -1.42. The first kappa shape index (κ1) is 15.0. The first-order valence-corrected chi connectivity index (χ1v) is 7.52. The maximum atomic E-state index is 9.51. The third-order valence-corrected chi connectivity index (χ3v) is 3.79. The molecule has 0 saturated heterocycles. The maximum Gasteiger partial charge on any atom is 0.144 e. The number of hydrogen-bond acceptors (Lipinski definition) is 4. The first-order valence-electron chi connectivity index (χ1n) is 7.52. The van der Waals surface area contributed by atoms with E-state index in [4.69, 9.17) is 10.5 Å². The number of ether oxygens (including phenoxy) is 1. The van der Waals surface area contributed by atoms with Crippen LogP contribution in [-0.4, -0.2) is 23.9 Å². The molecule has 4 N–H and O–H groups in total. The van der Waals surface area contributed by atoms with Crippen molar-refractivity contribution in [1.29, 1.82) is 0 Å². The molecule has 2 rings (SSSR count).